The molecule has 3 rings (SSSR count). The molecule has 1 aliphatic rings. The van der Waals surface area contributed by atoms with E-state index in [1.54, 1.807) is 18.2 Å². The molecule has 0 amide bonds. The predicted octanol–water partition coefficient (Wildman–Crippen LogP) is 2.01. The highest BCUT2D eigenvalue weighted by Crippen LogP contribution is 2.33. The van der Waals surface area contributed by atoms with Crippen LogP contribution in [0.4, 0.5) is 10.1 Å². The van der Waals surface area contributed by atoms with Gasteiger partial charge in [0.05, 0.1) is 10.6 Å². The van der Waals surface area contributed by atoms with Crippen molar-refractivity contribution in [3.05, 3.63) is 65.5 Å². The van der Waals surface area contributed by atoms with Gasteiger partial charge in [-0.2, -0.15) is 5.90 Å². The molecule has 0 saturated heterocycles. The third-order valence-electron chi connectivity index (χ3n) is 3.89. The van der Waals surface area contributed by atoms with Crippen LogP contribution in [-0.2, 0) is 26.1 Å². The molecule has 6 nitrogen and oxygen atoms in total. The Morgan fingerprint density at radius 1 is 1.20 bits per heavy atom. The summed E-state index contributed by atoms with van der Waals surface area (Å²) in [4.78, 5) is 15.1. The van der Waals surface area contributed by atoms with Gasteiger partial charge in [0.25, 0.3) is 10.0 Å². The van der Waals surface area contributed by atoms with Gasteiger partial charge in [-0.3, -0.25) is 4.31 Å². The Bertz CT molecular complexity index is 940. The lowest BCUT2D eigenvalue weighted by molar-refractivity contribution is -0.138. The lowest BCUT2D eigenvalue weighted by atomic mass is 10.1. The number of hydrogen-bond acceptors (Lipinski definition) is 5. The van der Waals surface area contributed by atoms with Crippen LogP contribution in [-0.4, -0.2) is 20.9 Å². The van der Waals surface area contributed by atoms with E-state index in [4.69, 9.17) is 5.90 Å². The van der Waals surface area contributed by atoms with Crippen molar-refractivity contribution in [1.29, 1.82) is 0 Å². The third-order valence-corrected chi connectivity index (χ3v) is 5.71. The summed E-state index contributed by atoms with van der Waals surface area (Å²) >= 11 is 0. The van der Waals surface area contributed by atoms with Gasteiger partial charge in [0.15, 0.2) is 0 Å². The number of carbonyl (C=O) groups is 1. The zero-order valence-electron chi connectivity index (χ0n) is 13.1. The molecule has 0 radical (unpaired) electrons. The number of hydrogen-bond donors (Lipinski definition) is 1. The summed E-state index contributed by atoms with van der Waals surface area (Å²) in [5.74, 6) is 3.59. The van der Waals surface area contributed by atoms with Crippen molar-refractivity contribution < 1.29 is 22.4 Å². The summed E-state index contributed by atoms with van der Waals surface area (Å²) in [5, 5.41) is 0. The third kappa shape index (κ3) is 3.40. The zero-order chi connectivity index (χ0) is 18.0. The van der Waals surface area contributed by atoms with Crippen LogP contribution in [0.25, 0.3) is 6.08 Å². The molecule has 25 heavy (non-hydrogen) atoms. The number of fused-ring (bicyclic) bond motifs is 1. The molecule has 1 heterocycles. The van der Waals surface area contributed by atoms with Crippen LogP contribution in [0, 0.1) is 5.82 Å². The average molecular weight is 362 g/mol. The van der Waals surface area contributed by atoms with E-state index in [9.17, 15) is 17.6 Å². The van der Waals surface area contributed by atoms with Crippen LogP contribution in [0.1, 0.15) is 11.1 Å². The van der Waals surface area contributed by atoms with Crippen molar-refractivity contribution in [3.63, 3.8) is 0 Å². The summed E-state index contributed by atoms with van der Waals surface area (Å²) < 4.78 is 39.9. The number of rotatable bonds is 4. The monoisotopic (exact) mass is 362 g/mol. The molecule has 2 aromatic carbocycles. The summed E-state index contributed by atoms with van der Waals surface area (Å²) in [7, 11) is -3.75. The topological polar surface area (TPSA) is 89.7 Å². The molecule has 1 aliphatic heterocycles. The summed E-state index contributed by atoms with van der Waals surface area (Å²) in [6.07, 6.45) is 3.26. The van der Waals surface area contributed by atoms with Crippen molar-refractivity contribution in [1.82, 2.24) is 0 Å². The first-order valence-corrected chi connectivity index (χ1v) is 8.86. The number of carbonyl (C=O) groups excluding carboxylic acids is 1. The first kappa shape index (κ1) is 17.1. The van der Waals surface area contributed by atoms with Gasteiger partial charge >= 0.3 is 5.97 Å². The maximum Gasteiger partial charge on any atom is 0.349 e. The molecule has 0 aliphatic carbocycles. The fourth-order valence-electron chi connectivity index (χ4n) is 2.68. The maximum atomic E-state index is 13.0. The predicted molar refractivity (Wildman–Crippen MR) is 90.4 cm³/mol. The van der Waals surface area contributed by atoms with Crippen molar-refractivity contribution in [2.45, 2.75) is 11.3 Å². The smallest absolute Gasteiger partial charge is 0.349 e. The van der Waals surface area contributed by atoms with Crippen LogP contribution in [0.2, 0.25) is 0 Å². The van der Waals surface area contributed by atoms with Crippen LogP contribution >= 0.6 is 0 Å². The van der Waals surface area contributed by atoms with Crippen LogP contribution in [0.15, 0.2) is 53.4 Å². The second kappa shape index (κ2) is 6.66. The van der Waals surface area contributed by atoms with Gasteiger partial charge in [-0.05, 0) is 60.0 Å². The maximum absolute atomic E-state index is 13.0. The van der Waals surface area contributed by atoms with E-state index in [0.717, 1.165) is 23.3 Å². The summed E-state index contributed by atoms with van der Waals surface area (Å²) in [5.41, 5.74) is 2.14. The van der Waals surface area contributed by atoms with Gasteiger partial charge in [-0.15, -0.1) is 0 Å². The molecule has 8 heteroatoms. The quantitative estimate of drug-likeness (QED) is 0.664. The van der Waals surface area contributed by atoms with Gasteiger partial charge in [-0.1, -0.05) is 6.07 Å². The van der Waals surface area contributed by atoms with Gasteiger partial charge in [0.2, 0.25) is 0 Å². The Morgan fingerprint density at radius 3 is 2.60 bits per heavy atom. The average Bonchev–Trinajstić information content (AvgIpc) is 3.04. The minimum absolute atomic E-state index is 0.0383. The Kier molecular flexibility index (Phi) is 4.56. The Labute approximate surface area is 144 Å². The van der Waals surface area contributed by atoms with Crippen molar-refractivity contribution in [2.24, 2.45) is 5.90 Å². The molecule has 0 atom stereocenters. The molecule has 0 saturated carbocycles. The Hall–Kier alpha value is -2.71. The van der Waals surface area contributed by atoms with Gasteiger partial charge < -0.3 is 4.84 Å². The van der Waals surface area contributed by atoms with Crippen molar-refractivity contribution in [3.8, 4) is 0 Å². The van der Waals surface area contributed by atoms with E-state index in [-0.39, 0.29) is 4.90 Å². The van der Waals surface area contributed by atoms with E-state index in [1.807, 2.05) is 0 Å². The van der Waals surface area contributed by atoms with Crippen LogP contribution in [0.3, 0.4) is 0 Å². The van der Waals surface area contributed by atoms with Crippen LogP contribution < -0.4 is 10.2 Å². The van der Waals surface area contributed by atoms with Gasteiger partial charge in [-0.25, -0.2) is 17.6 Å². The number of benzene rings is 2. The molecule has 0 aromatic heterocycles. The minimum atomic E-state index is -3.75. The van der Waals surface area contributed by atoms with Crippen molar-refractivity contribution in [2.75, 3.05) is 10.8 Å². The molecule has 2 N–H and O–H groups in total. The Balaban J connectivity index is 1.90. The number of nitrogens with two attached hydrogens (primary N) is 1. The molecule has 0 fully saturated rings. The number of halogens is 1. The second-order valence-corrected chi connectivity index (χ2v) is 7.30. The summed E-state index contributed by atoms with van der Waals surface area (Å²) in [6.45, 7) is 0.299. The number of anilines is 1. The lowest BCUT2D eigenvalue weighted by Crippen LogP contribution is -2.29. The molecule has 2 aromatic rings. The lowest BCUT2D eigenvalue weighted by Gasteiger charge is -2.19. The highest BCUT2D eigenvalue weighted by atomic mass is 32.2. The van der Waals surface area contributed by atoms with Crippen LogP contribution in [0.5, 0.6) is 0 Å². The van der Waals surface area contributed by atoms with E-state index >= 15 is 0 Å². The van der Waals surface area contributed by atoms with Gasteiger partial charge in [0.1, 0.15) is 5.82 Å². The van der Waals surface area contributed by atoms with E-state index in [0.29, 0.717) is 18.7 Å². The molecular weight excluding hydrogens is 347 g/mol. The van der Waals surface area contributed by atoms with E-state index in [2.05, 4.69) is 4.84 Å². The SMILES string of the molecule is NOC(=O)/C=C/c1ccc2c(c1)CCN2S(=O)(=O)c1ccc(F)cc1. The standard InChI is InChI=1S/C17H15FN2O4S/c18-14-3-5-15(6-4-14)25(22,23)20-10-9-13-11-12(1-7-16(13)20)2-8-17(21)24-19/h1-8,11H,9-10,19H2/b8-2+. The Morgan fingerprint density at radius 2 is 1.92 bits per heavy atom. The normalized spacial score (nSPS) is 13.9. The van der Waals surface area contributed by atoms with E-state index in [1.165, 1.54) is 28.6 Å². The summed E-state index contributed by atoms with van der Waals surface area (Å²) in [6, 6.07) is 9.91. The molecular formula is C17H15FN2O4S. The van der Waals surface area contributed by atoms with Gasteiger partial charge in [0, 0.05) is 12.6 Å². The second-order valence-electron chi connectivity index (χ2n) is 5.44. The highest BCUT2D eigenvalue weighted by molar-refractivity contribution is 7.92. The highest BCUT2D eigenvalue weighted by Gasteiger charge is 2.30. The molecule has 0 bridgehead atoms. The first-order valence-electron chi connectivity index (χ1n) is 7.42. The zero-order valence-corrected chi connectivity index (χ0v) is 13.9. The van der Waals surface area contributed by atoms with E-state index < -0.39 is 21.8 Å². The fraction of sp³-hybridized carbons (Fsp3) is 0.118. The fourth-order valence-corrected chi connectivity index (χ4v) is 4.19. The van der Waals surface area contributed by atoms with Crippen molar-refractivity contribution >= 4 is 27.8 Å². The number of nitrogens with zero attached hydrogens (tertiary/aromatic N) is 1. The largest absolute Gasteiger partial charge is 0.370 e. The molecule has 0 unspecified atom stereocenters. The molecule has 0 spiro atoms. The first-order chi connectivity index (χ1) is 11.9. The number of sulfonamides is 1. The molecule has 130 valence electrons. The minimum Gasteiger partial charge on any atom is -0.370 e.